The average molecular weight is 293 g/mol. The first-order chi connectivity index (χ1) is 9.40. The van der Waals surface area contributed by atoms with Gasteiger partial charge >= 0.3 is 0 Å². The summed E-state index contributed by atoms with van der Waals surface area (Å²) in [5, 5.41) is 2.13. The molecule has 0 saturated heterocycles. The van der Waals surface area contributed by atoms with Crippen LogP contribution in [0.5, 0.6) is 0 Å². The second kappa shape index (κ2) is 6.40. The molecule has 1 unspecified atom stereocenters. The quantitative estimate of drug-likeness (QED) is 0.804. The molecule has 1 heterocycles. The van der Waals surface area contributed by atoms with Gasteiger partial charge < -0.3 is 0 Å². The maximum atomic E-state index is 12.6. The Kier molecular flexibility index (Phi) is 5.03. The first-order valence-electron chi connectivity index (χ1n) is 7.71. The zero-order valence-electron chi connectivity index (χ0n) is 13.2. The van der Waals surface area contributed by atoms with Gasteiger partial charge in [0.15, 0.2) is 0 Å². The Morgan fingerprint density at radius 3 is 2.80 bits per heavy atom. The minimum absolute atomic E-state index is 0.117. The number of nitrogens with zero attached hydrogens (tertiary/aromatic N) is 1. The number of carbonyl (C=O) groups excluding carboxylic acids is 1. The lowest BCUT2D eigenvalue weighted by molar-refractivity contribution is -0.135. The molecule has 1 aliphatic rings. The number of rotatable bonds is 5. The van der Waals surface area contributed by atoms with Crippen molar-refractivity contribution in [2.45, 2.75) is 59.5 Å². The van der Waals surface area contributed by atoms with Crippen LogP contribution in [0, 0.1) is 11.3 Å². The van der Waals surface area contributed by atoms with Crippen LogP contribution in [0.3, 0.4) is 0 Å². The zero-order chi connectivity index (χ0) is 14.8. The summed E-state index contributed by atoms with van der Waals surface area (Å²) in [4.78, 5) is 16.4. The van der Waals surface area contributed by atoms with Crippen molar-refractivity contribution in [2.75, 3.05) is 6.54 Å². The van der Waals surface area contributed by atoms with Crippen molar-refractivity contribution in [1.82, 2.24) is 4.90 Å². The Balaban J connectivity index is 2.02. The van der Waals surface area contributed by atoms with E-state index in [4.69, 9.17) is 0 Å². The Bertz CT molecular complexity index is 436. The standard InChI is InChI=1S/C17H27NOS/c1-13(2)18(12-15-8-6-10-20-15)11-14-7-5-9-17(3,4)16(14)19/h6,8,10,13-14H,5,7,9,11-12H2,1-4H3. The summed E-state index contributed by atoms with van der Waals surface area (Å²) in [6, 6.07) is 4.77. The van der Waals surface area contributed by atoms with Gasteiger partial charge in [0.1, 0.15) is 5.78 Å². The molecule has 0 bridgehead atoms. The third kappa shape index (κ3) is 3.70. The van der Waals surface area contributed by atoms with Gasteiger partial charge in [0, 0.05) is 35.3 Å². The minimum Gasteiger partial charge on any atom is -0.299 e. The summed E-state index contributed by atoms with van der Waals surface area (Å²) in [7, 11) is 0. The molecule has 1 atom stereocenters. The fourth-order valence-corrected chi connectivity index (χ4v) is 3.84. The molecule has 0 aliphatic heterocycles. The first-order valence-corrected chi connectivity index (χ1v) is 8.59. The molecular formula is C17H27NOS. The molecule has 3 heteroatoms. The van der Waals surface area contributed by atoms with Crippen molar-refractivity contribution in [3.8, 4) is 0 Å². The van der Waals surface area contributed by atoms with Gasteiger partial charge in [-0.15, -0.1) is 11.3 Å². The molecule has 112 valence electrons. The molecule has 2 nitrogen and oxygen atoms in total. The van der Waals surface area contributed by atoms with E-state index < -0.39 is 0 Å². The van der Waals surface area contributed by atoms with E-state index in [0.717, 1.165) is 25.9 Å². The first kappa shape index (κ1) is 15.7. The summed E-state index contributed by atoms with van der Waals surface area (Å²) in [5.74, 6) is 0.696. The molecule has 1 aromatic heterocycles. The molecule has 20 heavy (non-hydrogen) atoms. The van der Waals surface area contributed by atoms with E-state index in [2.05, 4.69) is 50.1 Å². The van der Waals surface area contributed by atoms with Crippen LogP contribution in [0.4, 0.5) is 0 Å². The molecule has 0 radical (unpaired) electrons. The van der Waals surface area contributed by atoms with Gasteiger partial charge in [0.2, 0.25) is 0 Å². The fraction of sp³-hybridized carbons (Fsp3) is 0.706. The van der Waals surface area contributed by atoms with Gasteiger partial charge in [0.05, 0.1) is 0 Å². The number of thiophene rings is 1. The lowest BCUT2D eigenvalue weighted by Gasteiger charge is -2.37. The molecule has 2 rings (SSSR count). The SMILES string of the molecule is CC(C)N(Cc1cccs1)CC1CCCC(C)(C)C1=O. The van der Waals surface area contributed by atoms with E-state index in [0.29, 0.717) is 11.8 Å². The van der Waals surface area contributed by atoms with Gasteiger partial charge in [-0.3, -0.25) is 9.69 Å². The van der Waals surface area contributed by atoms with Gasteiger partial charge in [-0.1, -0.05) is 26.3 Å². The fourth-order valence-electron chi connectivity index (χ4n) is 3.12. The molecular weight excluding hydrogens is 266 g/mol. The number of carbonyl (C=O) groups is 1. The van der Waals surface area contributed by atoms with E-state index in [1.165, 1.54) is 11.3 Å². The van der Waals surface area contributed by atoms with E-state index in [-0.39, 0.29) is 11.3 Å². The molecule has 0 N–H and O–H groups in total. The Morgan fingerprint density at radius 1 is 1.45 bits per heavy atom. The average Bonchev–Trinajstić information content (AvgIpc) is 2.86. The molecule has 1 aromatic rings. The lowest BCUT2D eigenvalue weighted by Crippen LogP contribution is -2.43. The van der Waals surface area contributed by atoms with Crippen molar-refractivity contribution in [3.05, 3.63) is 22.4 Å². The highest BCUT2D eigenvalue weighted by atomic mass is 32.1. The van der Waals surface area contributed by atoms with Crippen molar-refractivity contribution >= 4 is 17.1 Å². The van der Waals surface area contributed by atoms with Crippen molar-refractivity contribution < 1.29 is 4.79 Å². The third-order valence-electron chi connectivity index (χ3n) is 4.52. The summed E-state index contributed by atoms with van der Waals surface area (Å²) in [5.41, 5.74) is -0.117. The van der Waals surface area contributed by atoms with Crippen LogP contribution in [0.25, 0.3) is 0 Å². The highest BCUT2D eigenvalue weighted by molar-refractivity contribution is 7.09. The number of hydrogen-bond donors (Lipinski definition) is 0. The molecule has 1 saturated carbocycles. The van der Waals surface area contributed by atoms with Crippen molar-refractivity contribution in [3.63, 3.8) is 0 Å². The largest absolute Gasteiger partial charge is 0.299 e. The maximum Gasteiger partial charge on any atom is 0.142 e. The van der Waals surface area contributed by atoms with Gasteiger partial charge in [-0.25, -0.2) is 0 Å². The van der Waals surface area contributed by atoms with Crippen LogP contribution in [0.15, 0.2) is 17.5 Å². The minimum atomic E-state index is -0.117. The van der Waals surface area contributed by atoms with Crippen LogP contribution in [-0.2, 0) is 11.3 Å². The predicted octanol–water partition coefficient (Wildman–Crippen LogP) is 4.35. The number of ketones is 1. The topological polar surface area (TPSA) is 20.3 Å². The van der Waals surface area contributed by atoms with E-state index in [1.54, 1.807) is 11.3 Å². The van der Waals surface area contributed by atoms with Crippen LogP contribution >= 0.6 is 11.3 Å². The number of hydrogen-bond acceptors (Lipinski definition) is 3. The van der Waals surface area contributed by atoms with Gasteiger partial charge in [0.25, 0.3) is 0 Å². The molecule has 0 spiro atoms. The normalized spacial score (nSPS) is 22.7. The van der Waals surface area contributed by atoms with Crippen LogP contribution in [-0.4, -0.2) is 23.3 Å². The highest BCUT2D eigenvalue weighted by Crippen LogP contribution is 2.36. The Hall–Kier alpha value is -0.670. The number of Topliss-reactive ketones (excluding diaryl/α,β-unsaturated/α-hetero) is 1. The molecule has 1 fully saturated rings. The highest BCUT2D eigenvalue weighted by Gasteiger charge is 2.37. The molecule has 0 amide bonds. The second-order valence-electron chi connectivity index (χ2n) is 6.94. The summed E-state index contributed by atoms with van der Waals surface area (Å²) >= 11 is 1.80. The summed E-state index contributed by atoms with van der Waals surface area (Å²) in [6.07, 6.45) is 3.30. The maximum absolute atomic E-state index is 12.6. The third-order valence-corrected chi connectivity index (χ3v) is 5.38. The Morgan fingerprint density at radius 2 is 2.20 bits per heavy atom. The second-order valence-corrected chi connectivity index (χ2v) is 7.97. The molecule has 1 aliphatic carbocycles. The van der Waals surface area contributed by atoms with Crippen LogP contribution < -0.4 is 0 Å². The van der Waals surface area contributed by atoms with Crippen LogP contribution in [0.2, 0.25) is 0 Å². The zero-order valence-corrected chi connectivity index (χ0v) is 14.0. The smallest absolute Gasteiger partial charge is 0.142 e. The summed E-state index contributed by atoms with van der Waals surface area (Å²) in [6.45, 7) is 10.6. The van der Waals surface area contributed by atoms with Crippen molar-refractivity contribution in [1.29, 1.82) is 0 Å². The van der Waals surface area contributed by atoms with Crippen molar-refractivity contribution in [2.24, 2.45) is 11.3 Å². The summed E-state index contributed by atoms with van der Waals surface area (Å²) < 4.78 is 0. The van der Waals surface area contributed by atoms with Gasteiger partial charge in [-0.05, 0) is 38.1 Å². The lowest BCUT2D eigenvalue weighted by atomic mass is 9.71. The monoisotopic (exact) mass is 293 g/mol. The van der Waals surface area contributed by atoms with Gasteiger partial charge in [-0.2, -0.15) is 0 Å². The molecule has 0 aromatic carbocycles. The van der Waals surface area contributed by atoms with E-state index in [9.17, 15) is 4.79 Å². The van der Waals surface area contributed by atoms with Crippen LogP contribution in [0.1, 0.15) is 51.8 Å². The van der Waals surface area contributed by atoms with E-state index in [1.807, 2.05) is 0 Å². The van der Waals surface area contributed by atoms with E-state index >= 15 is 0 Å². The predicted molar refractivity (Wildman–Crippen MR) is 86.0 cm³/mol. The Labute approximate surface area is 127 Å².